The number of hydrogen-bond donors (Lipinski definition) is 0. The predicted molar refractivity (Wildman–Crippen MR) is 120 cm³/mol. The lowest BCUT2D eigenvalue weighted by Crippen LogP contribution is -2.45. The molecule has 1 aromatic heterocycles. The summed E-state index contributed by atoms with van der Waals surface area (Å²) < 4.78 is 27.7. The van der Waals surface area contributed by atoms with Gasteiger partial charge in [0.25, 0.3) is 10.0 Å². The molecule has 1 atom stereocenters. The van der Waals surface area contributed by atoms with Crippen LogP contribution in [-0.2, 0) is 22.9 Å². The molecule has 4 nitrogen and oxygen atoms in total. The molecule has 2 heterocycles. The van der Waals surface area contributed by atoms with E-state index in [2.05, 4.69) is 36.1 Å². The standard InChI is InChI=1S/C23H32N2O2S2/c1-2-13-24(22-10-9-20-6-3-4-7-21(20)17-22)18-19-11-14-25(15-12-19)29(26,27)23-8-5-16-28-23/h3-8,16,19,22H,2,9-15,17-18H2,1H3. The number of fused-ring (bicyclic) bond motifs is 1. The van der Waals surface area contributed by atoms with E-state index in [1.54, 1.807) is 10.4 Å². The minimum Gasteiger partial charge on any atom is -0.300 e. The molecular weight excluding hydrogens is 400 g/mol. The van der Waals surface area contributed by atoms with Crippen LogP contribution in [0.15, 0.2) is 46.0 Å². The fourth-order valence-corrected chi connectivity index (χ4v) is 7.52. The van der Waals surface area contributed by atoms with Crippen LogP contribution in [0.1, 0.15) is 43.7 Å². The maximum absolute atomic E-state index is 12.8. The maximum Gasteiger partial charge on any atom is 0.252 e. The second-order valence-corrected chi connectivity index (χ2v) is 11.6. The van der Waals surface area contributed by atoms with Gasteiger partial charge in [0, 0.05) is 25.7 Å². The molecule has 0 saturated carbocycles. The largest absolute Gasteiger partial charge is 0.300 e. The van der Waals surface area contributed by atoms with Gasteiger partial charge in [0.05, 0.1) is 0 Å². The third-order valence-corrected chi connectivity index (χ3v) is 9.78. The Labute approximate surface area is 179 Å². The average molecular weight is 433 g/mol. The summed E-state index contributed by atoms with van der Waals surface area (Å²) in [5.74, 6) is 0.591. The van der Waals surface area contributed by atoms with Crippen LogP contribution >= 0.6 is 11.3 Å². The van der Waals surface area contributed by atoms with Gasteiger partial charge in [0.1, 0.15) is 4.21 Å². The van der Waals surface area contributed by atoms with Gasteiger partial charge in [0.15, 0.2) is 0 Å². The van der Waals surface area contributed by atoms with Gasteiger partial charge in [-0.25, -0.2) is 8.42 Å². The zero-order valence-corrected chi connectivity index (χ0v) is 18.9. The van der Waals surface area contributed by atoms with Gasteiger partial charge in [0.2, 0.25) is 0 Å². The molecule has 1 saturated heterocycles. The predicted octanol–water partition coefficient (Wildman–Crippen LogP) is 4.42. The zero-order chi connectivity index (χ0) is 20.3. The SMILES string of the molecule is CCCN(CC1CCN(S(=O)(=O)c2cccs2)CC1)C1CCc2ccccc2C1. The number of aryl methyl sites for hydroxylation is 1. The van der Waals surface area contributed by atoms with E-state index < -0.39 is 10.0 Å². The van der Waals surface area contributed by atoms with Gasteiger partial charge in [-0.05, 0) is 73.6 Å². The van der Waals surface area contributed by atoms with Crippen molar-refractivity contribution in [2.24, 2.45) is 5.92 Å². The normalized spacial score (nSPS) is 21.4. The van der Waals surface area contributed by atoms with Crippen LogP contribution in [0, 0.1) is 5.92 Å². The van der Waals surface area contributed by atoms with E-state index in [-0.39, 0.29) is 0 Å². The molecule has 1 aliphatic heterocycles. The van der Waals surface area contributed by atoms with Crippen molar-refractivity contribution in [1.29, 1.82) is 0 Å². The number of benzene rings is 1. The number of thiophene rings is 1. The summed E-state index contributed by atoms with van der Waals surface area (Å²) in [5, 5.41) is 1.84. The van der Waals surface area contributed by atoms with Crippen LogP contribution in [0.25, 0.3) is 0 Å². The second kappa shape index (κ2) is 9.29. The fraction of sp³-hybridized carbons (Fsp3) is 0.565. The van der Waals surface area contributed by atoms with Gasteiger partial charge in [-0.2, -0.15) is 4.31 Å². The summed E-state index contributed by atoms with van der Waals surface area (Å²) in [5.41, 5.74) is 3.04. The maximum atomic E-state index is 12.8. The molecule has 1 aromatic carbocycles. The van der Waals surface area contributed by atoms with Gasteiger partial charge < -0.3 is 0 Å². The summed E-state index contributed by atoms with van der Waals surface area (Å²) in [6, 6.07) is 13.0. The molecular formula is C23H32N2O2S2. The summed E-state index contributed by atoms with van der Waals surface area (Å²) in [6.45, 7) is 5.81. The molecule has 29 heavy (non-hydrogen) atoms. The third-order valence-electron chi connectivity index (χ3n) is 6.50. The van der Waals surface area contributed by atoms with Crippen molar-refractivity contribution in [2.75, 3.05) is 26.2 Å². The van der Waals surface area contributed by atoms with Crippen LogP contribution in [0.5, 0.6) is 0 Å². The van der Waals surface area contributed by atoms with Crippen molar-refractivity contribution >= 4 is 21.4 Å². The van der Waals surface area contributed by atoms with Crippen LogP contribution in [0.4, 0.5) is 0 Å². The molecule has 0 spiro atoms. The van der Waals surface area contributed by atoms with Gasteiger partial charge in [-0.1, -0.05) is 37.3 Å². The topological polar surface area (TPSA) is 40.6 Å². The quantitative estimate of drug-likeness (QED) is 0.650. The van der Waals surface area contributed by atoms with Crippen molar-refractivity contribution < 1.29 is 8.42 Å². The highest BCUT2D eigenvalue weighted by Crippen LogP contribution is 2.29. The molecule has 2 aliphatic rings. The summed E-state index contributed by atoms with van der Waals surface area (Å²) in [7, 11) is -3.30. The highest BCUT2D eigenvalue weighted by molar-refractivity contribution is 7.91. The Morgan fingerprint density at radius 3 is 2.52 bits per heavy atom. The fourth-order valence-electron chi connectivity index (χ4n) is 4.90. The highest BCUT2D eigenvalue weighted by Gasteiger charge is 2.32. The molecule has 0 N–H and O–H groups in total. The van der Waals surface area contributed by atoms with Gasteiger partial charge in [-0.15, -0.1) is 11.3 Å². The Kier molecular flexibility index (Phi) is 6.74. The number of hydrogen-bond acceptors (Lipinski definition) is 4. The molecule has 0 bridgehead atoms. The van der Waals surface area contributed by atoms with Crippen molar-refractivity contribution in [3.8, 4) is 0 Å². The molecule has 0 radical (unpaired) electrons. The number of nitrogens with zero attached hydrogens (tertiary/aromatic N) is 2. The monoisotopic (exact) mass is 432 g/mol. The molecule has 1 unspecified atom stereocenters. The van der Waals surface area contributed by atoms with E-state index >= 15 is 0 Å². The van der Waals surface area contributed by atoms with Gasteiger partial charge >= 0.3 is 0 Å². The molecule has 158 valence electrons. The Hall–Kier alpha value is -1.21. The van der Waals surface area contributed by atoms with E-state index in [9.17, 15) is 8.42 Å². The van der Waals surface area contributed by atoms with Crippen LogP contribution < -0.4 is 0 Å². The van der Waals surface area contributed by atoms with Gasteiger partial charge in [-0.3, -0.25) is 4.90 Å². The smallest absolute Gasteiger partial charge is 0.252 e. The van der Waals surface area contributed by atoms with Crippen molar-refractivity contribution in [2.45, 2.75) is 55.7 Å². The molecule has 0 amide bonds. The second-order valence-electron chi connectivity index (χ2n) is 8.44. The van der Waals surface area contributed by atoms with Crippen LogP contribution in [0.2, 0.25) is 0 Å². The van der Waals surface area contributed by atoms with Crippen molar-refractivity contribution in [3.63, 3.8) is 0 Å². The Balaban J connectivity index is 1.36. The molecule has 6 heteroatoms. The van der Waals surface area contributed by atoms with E-state index in [4.69, 9.17) is 0 Å². The zero-order valence-electron chi connectivity index (χ0n) is 17.3. The minimum atomic E-state index is -3.30. The van der Waals surface area contributed by atoms with E-state index in [0.717, 1.165) is 32.4 Å². The first kappa shape index (κ1) is 21.0. The summed E-state index contributed by atoms with van der Waals surface area (Å²) in [4.78, 5) is 2.70. The number of rotatable bonds is 7. The van der Waals surface area contributed by atoms with E-state index in [1.165, 1.54) is 41.7 Å². The summed E-state index contributed by atoms with van der Waals surface area (Å²) >= 11 is 1.32. The summed E-state index contributed by atoms with van der Waals surface area (Å²) in [6.07, 6.45) is 6.68. The first-order valence-electron chi connectivity index (χ1n) is 10.9. The Bertz CT molecular complexity index is 887. The molecule has 4 rings (SSSR count). The lowest BCUT2D eigenvalue weighted by Gasteiger charge is -2.39. The number of piperidine rings is 1. The molecule has 1 aliphatic carbocycles. The van der Waals surface area contributed by atoms with E-state index in [0.29, 0.717) is 29.3 Å². The first-order chi connectivity index (χ1) is 14.1. The highest BCUT2D eigenvalue weighted by atomic mass is 32.2. The Morgan fingerprint density at radius 1 is 1.07 bits per heavy atom. The average Bonchev–Trinajstić information content (AvgIpc) is 3.29. The minimum absolute atomic E-state index is 0.476. The third kappa shape index (κ3) is 4.76. The number of sulfonamides is 1. The van der Waals surface area contributed by atoms with Crippen LogP contribution in [0.3, 0.4) is 0 Å². The lowest BCUT2D eigenvalue weighted by molar-refractivity contribution is 0.129. The lowest BCUT2D eigenvalue weighted by atomic mass is 9.86. The van der Waals surface area contributed by atoms with Crippen molar-refractivity contribution in [1.82, 2.24) is 9.21 Å². The van der Waals surface area contributed by atoms with E-state index in [1.807, 2.05) is 11.4 Å². The van der Waals surface area contributed by atoms with Crippen molar-refractivity contribution in [3.05, 3.63) is 52.9 Å². The first-order valence-corrected chi connectivity index (χ1v) is 13.2. The van der Waals surface area contributed by atoms with Crippen LogP contribution in [-0.4, -0.2) is 49.8 Å². The molecule has 2 aromatic rings. The molecule has 1 fully saturated rings. The Morgan fingerprint density at radius 2 is 1.83 bits per heavy atom.